The number of hydrogen-bond donors (Lipinski definition) is 1. The van der Waals surface area contributed by atoms with Crippen molar-refractivity contribution in [2.45, 2.75) is 51.6 Å². The molecule has 0 saturated heterocycles. The van der Waals surface area contributed by atoms with Gasteiger partial charge in [-0.1, -0.05) is 13.8 Å². The zero-order valence-electron chi connectivity index (χ0n) is 12.5. The summed E-state index contributed by atoms with van der Waals surface area (Å²) in [7, 11) is 3.57. The molecule has 4 heteroatoms. The number of carbonyl (C=O) groups is 1. The zero-order valence-corrected chi connectivity index (χ0v) is 12.5. The summed E-state index contributed by atoms with van der Waals surface area (Å²) < 4.78 is 4.94. The van der Waals surface area contributed by atoms with Crippen LogP contribution < -0.4 is 5.32 Å². The summed E-state index contributed by atoms with van der Waals surface area (Å²) in [4.78, 5) is 14.2. The summed E-state index contributed by atoms with van der Waals surface area (Å²) in [5.41, 5.74) is -0.541. The van der Waals surface area contributed by atoms with E-state index >= 15 is 0 Å². The fourth-order valence-electron chi connectivity index (χ4n) is 2.27. The number of methoxy groups -OCH3 is 1. The van der Waals surface area contributed by atoms with Gasteiger partial charge in [0, 0.05) is 19.1 Å². The monoisotopic (exact) mass is 256 g/mol. The van der Waals surface area contributed by atoms with Crippen molar-refractivity contribution >= 4 is 5.97 Å². The minimum Gasteiger partial charge on any atom is -0.468 e. The summed E-state index contributed by atoms with van der Waals surface area (Å²) in [5.74, 6) is 0.503. The molecular weight excluding hydrogens is 228 g/mol. The van der Waals surface area contributed by atoms with Crippen LogP contribution in [0, 0.1) is 5.92 Å². The van der Waals surface area contributed by atoms with Gasteiger partial charge in [-0.15, -0.1) is 0 Å². The first kappa shape index (κ1) is 15.4. The van der Waals surface area contributed by atoms with Crippen molar-refractivity contribution in [1.29, 1.82) is 0 Å². The molecule has 1 saturated carbocycles. The Morgan fingerprint density at radius 1 is 1.50 bits per heavy atom. The van der Waals surface area contributed by atoms with Gasteiger partial charge in [0.05, 0.1) is 7.11 Å². The lowest BCUT2D eigenvalue weighted by molar-refractivity contribution is -0.148. The number of rotatable bonds is 8. The van der Waals surface area contributed by atoms with E-state index in [1.54, 1.807) is 0 Å². The van der Waals surface area contributed by atoms with Gasteiger partial charge in [0.15, 0.2) is 0 Å². The summed E-state index contributed by atoms with van der Waals surface area (Å²) in [6.45, 7) is 8.33. The van der Waals surface area contributed by atoms with Crippen molar-refractivity contribution in [2.75, 3.05) is 27.2 Å². The van der Waals surface area contributed by atoms with Crippen molar-refractivity contribution in [1.82, 2.24) is 10.2 Å². The molecular formula is C14H28N2O2. The van der Waals surface area contributed by atoms with Crippen LogP contribution in [0.15, 0.2) is 0 Å². The van der Waals surface area contributed by atoms with Crippen LogP contribution in [0.3, 0.4) is 0 Å². The van der Waals surface area contributed by atoms with Crippen LogP contribution in [-0.2, 0) is 9.53 Å². The molecule has 1 atom stereocenters. The van der Waals surface area contributed by atoms with Crippen LogP contribution in [0.2, 0.25) is 0 Å². The highest BCUT2D eigenvalue weighted by atomic mass is 16.5. The summed E-state index contributed by atoms with van der Waals surface area (Å²) in [5, 5.41) is 3.43. The van der Waals surface area contributed by atoms with Crippen LogP contribution in [0.5, 0.6) is 0 Å². The van der Waals surface area contributed by atoms with Crippen LogP contribution in [0.4, 0.5) is 0 Å². The van der Waals surface area contributed by atoms with Crippen molar-refractivity contribution in [3.8, 4) is 0 Å². The van der Waals surface area contributed by atoms with Crippen molar-refractivity contribution in [2.24, 2.45) is 5.92 Å². The third-order valence-electron chi connectivity index (χ3n) is 3.41. The maximum atomic E-state index is 11.9. The van der Waals surface area contributed by atoms with Gasteiger partial charge in [0.25, 0.3) is 0 Å². The molecule has 0 aliphatic heterocycles. The van der Waals surface area contributed by atoms with Gasteiger partial charge in [-0.3, -0.25) is 10.1 Å². The predicted octanol–water partition coefficient (Wildman–Crippen LogP) is 1.65. The molecule has 1 aliphatic carbocycles. The molecule has 106 valence electrons. The van der Waals surface area contributed by atoms with E-state index in [0.717, 1.165) is 19.5 Å². The molecule has 1 rings (SSSR count). The highest BCUT2D eigenvalue weighted by molar-refractivity contribution is 5.80. The first-order chi connectivity index (χ1) is 8.37. The molecule has 0 amide bonds. The van der Waals surface area contributed by atoms with Crippen LogP contribution in [0.1, 0.15) is 40.0 Å². The summed E-state index contributed by atoms with van der Waals surface area (Å²) >= 11 is 0. The Kier molecular flexibility index (Phi) is 5.60. The highest BCUT2D eigenvalue weighted by Gasteiger charge is 2.39. The van der Waals surface area contributed by atoms with Crippen molar-refractivity contribution in [3.05, 3.63) is 0 Å². The lowest BCUT2D eigenvalue weighted by atomic mass is 9.97. The van der Waals surface area contributed by atoms with E-state index in [4.69, 9.17) is 4.74 Å². The number of nitrogens with one attached hydrogen (secondary N) is 1. The number of carbonyl (C=O) groups excluding carboxylic acids is 1. The standard InChI is InChI=1S/C14H28N2O2/c1-11(2)10-16(4)9-8-14(3,13(17)18-5)15-12-6-7-12/h11-12,15H,6-10H2,1-5H3. The highest BCUT2D eigenvalue weighted by Crippen LogP contribution is 2.25. The Labute approximate surface area is 111 Å². The lowest BCUT2D eigenvalue weighted by Gasteiger charge is -2.30. The quantitative estimate of drug-likeness (QED) is 0.671. The second-order valence-corrected chi connectivity index (χ2v) is 6.15. The minimum atomic E-state index is -0.541. The molecule has 0 spiro atoms. The second-order valence-electron chi connectivity index (χ2n) is 6.15. The Bertz CT molecular complexity index is 277. The maximum Gasteiger partial charge on any atom is 0.325 e. The zero-order chi connectivity index (χ0) is 13.8. The van der Waals surface area contributed by atoms with E-state index in [-0.39, 0.29) is 5.97 Å². The first-order valence-corrected chi connectivity index (χ1v) is 6.92. The molecule has 1 fully saturated rings. The first-order valence-electron chi connectivity index (χ1n) is 6.92. The number of hydrogen-bond acceptors (Lipinski definition) is 4. The maximum absolute atomic E-state index is 11.9. The van der Waals surface area contributed by atoms with Crippen molar-refractivity contribution < 1.29 is 9.53 Å². The molecule has 0 aromatic rings. The van der Waals surface area contributed by atoms with E-state index < -0.39 is 5.54 Å². The predicted molar refractivity (Wildman–Crippen MR) is 73.5 cm³/mol. The topological polar surface area (TPSA) is 41.6 Å². The largest absolute Gasteiger partial charge is 0.468 e. The summed E-state index contributed by atoms with van der Waals surface area (Å²) in [6.07, 6.45) is 3.14. The molecule has 1 unspecified atom stereocenters. The normalized spacial score (nSPS) is 19.1. The van der Waals surface area contributed by atoms with Gasteiger partial charge in [-0.2, -0.15) is 0 Å². The van der Waals surface area contributed by atoms with E-state index in [0.29, 0.717) is 12.0 Å². The Balaban J connectivity index is 2.47. The molecule has 18 heavy (non-hydrogen) atoms. The lowest BCUT2D eigenvalue weighted by Crippen LogP contribution is -2.52. The molecule has 0 radical (unpaired) electrons. The molecule has 1 N–H and O–H groups in total. The molecule has 0 aromatic heterocycles. The fourth-order valence-corrected chi connectivity index (χ4v) is 2.27. The van der Waals surface area contributed by atoms with Crippen LogP contribution >= 0.6 is 0 Å². The van der Waals surface area contributed by atoms with Gasteiger partial charge in [-0.05, 0) is 39.2 Å². The van der Waals surface area contributed by atoms with Crippen molar-refractivity contribution in [3.63, 3.8) is 0 Å². The Hall–Kier alpha value is -0.610. The minimum absolute atomic E-state index is 0.146. The average Bonchev–Trinajstić information content (AvgIpc) is 3.08. The number of nitrogens with zero attached hydrogens (tertiary/aromatic N) is 1. The summed E-state index contributed by atoms with van der Waals surface area (Å²) in [6, 6.07) is 0.504. The van der Waals surface area contributed by atoms with E-state index in [1.165, 1.54) is 20.0 Å². The Morgan fingerprint density at radius 2 is 2.11 bits per heavy atom. The van der Waals surface area contributed by atoms with E-state index in [2.05, 4.69) is 31.1 Å². The number of ether oxygens (including phenoxy) is 1. The van der Waals surface area contributed by atoms with Gasteiger partial charge in [0.2, 0.25) is 0 Å². The van der Waals surface area contributed by atoms with Gasteiger partial charge < -0.3 is 9.64 Å². The second kappa shape index (κ2) is 6.53. The van der Waals surface area contributed by atoms with Gasteiger partial charge in [0.1, 0.15) is 5.54 Å². The molecule has 4 nitrogen and oxygen atoms in total. The Morgan fingerprint density at radius 3 is 2.56 bits per heavy atom. The fraction of sp³-hybridized carbons (Fsp3) is 0.929. The van der Waals surface area contributed by atoms with E-state index in [9.17, 15) is 4.79 Å². The molecule has 0 heterocycles. The van der Waals surface area contributed by atoms with E-state index in [1.807, 2.05) is 6.92 Å². The SMILES string of the molecule is COC(=O)C(C)(CCN(C)CC(C)C)NC1CC1. The molecule has 1 aliphatic rings. The smallest absolute Gasteiger partial charge is 0.325 e. The van der Waals surface area contributed by atoms with Gasteiger partial charge in [-0.25, -0.2) is 0 Å². The molecule has 0 aromatic carbocycles. The average molecular weight is 256 g/mol. The van der Waals surface area contributed by atoms with Crippen LogP contribution in [0.25, 0.3) is 0 Å². The third-order valence-corrected chi connectivity index (χ3v) is 3.41. The van der Waals surface area contributed by atoms with Gasteiger partial charge >= 0.3 is 5.97 Å². The number of esters is 1. The third kappa shape index (κ3) is 4.94. The molecule has 0 bridgehead atoms. The van der Waals surface area contributed by atoms with Crippen LogP contribution in [-0.4, -0.2) is 49.7 Å².